The Morgan fingerprint density at radius 1 is 0.783 bits per heavy atom. The van der Waals surface area contributed by atoms with Gasteiger partial charge in [-0.1, -0.05) is 60.7 Å². The number of hydrogen-bond donors (Lipinski definition) is 0. The quantitative estimate of drug-likeness (QED) is 0.630. The minimum Gasteiger partial charge on any atom is -0.368 e. The molecule has 0 radical (unpaired) electrons. The third-order valence-electron chi connectivity index (χ3n) is 4.22. The maximum Gasteiger partial charge on any atom is 0.371 e. The van der Waals surface area contributed by atoms with E-state index in [1.165, 1.54) is 17.2 Å². The summed E-state index contributed by atoms with van der Waals surface area (Å²) in [4.78, 5) is 11.5. The zero-order valence-electron chi connectivity index (χ0n) is 13.3. The second kappa shape index (κ2) is 6.61. The van der Waals surface area contributed by atoms with Crippen molar-refractivity contribution in [3.8, 4) is 0 Å². The highest BCUT2D eigenvalue weighted by Crippen LogP contribution is 2.27. The fourth-order valence-electron chi connectivity index (χ4n) is 2.95. The predicted octanol–water partition coefficient (Wildman–Crippen LogP) is 4.03. The molecule has 0 unspecified atom stereocenters. The smallest absolute Gasteiger partial charge is 0.368 e. The summed E-state index contributed by atoms with van der Waals surface area (Å²) >= 11 is 0. The minimum absolute atomic E-state index is 0.0805. The molecule has 3 rings (SSSR count). The summed E-state index contributed by atoms with van der Waals surface area (Å²) in [5.74, 6) is 0.285. The topological polar surface area (TPSA) is 29.3 Å². The van der Waals surface area contributed by atoms with Gasteiger partial charge >= 0.3 is 11.9 Å². The Morgan fingerprint density at radius 3 is 1.65 bits per heavy atom. The van der Waals surface area contributed by atoms with E-state index in [0.29, 0.717) is 5.90 Å². The van der Waals surface area contributed by atoms with Crippen LogP contribution in [0.15, 0.2) is 72.8 Å². The molecule has 1 heterocycles. The van der Waals surface area contributed by atoms with Crippen LogP contribution in [0.1, 0.15) is 37.1 Å². The standard InChI is InChI=1S/C20H20NO2/c1-15(17-9-5-3-6-10-17)21(19-13-14-20(22)23-19)16(2)18-11-7-4-8-12-18/h3-16H,1-2H3/q+1/t15-,16-/m1/s1. The lowest BCUT2D eigenvalue weighted by Gasteiger charge is -2.19. The zero-order valence-corrected chi connectivity index (χ0v) is 13.3. The molecule has 0 aliphatic carbocycles. The molecule has 3 nitrogen and oxygen atoms in total. The van der Waals surface area contributed by atoms with Crippen molar-refractivity contribution in [2.24, 2.45) is 0 Å². The third kappa shape index (κ3) is 3.24. The average molecular weight is 306 g/mol. The van der Waals surface area contributed by atoms with E-state index < -0.39 is 0 Å². The molecule has 116 valence electrons. The number of carbonyl (C=O) groups is 1. The van der Waals surface area contributed by atoms with Gasteiger partial charge in [0.1, 0.15) is 0 Å². The number of carbonyl (C=O) groups excluding carboxylic acids is 1. The summed E-state index contributed by atoms with van der Waals surface area (Å²) in [5.41, 5.74) is 2.36. The van der Waals surface area contributed by atoms with Gasteiger partial charge in [0.15, 0.2) is 12.1 Å². The molecule has 23 heavy (non-hydrogen) atoms. The highest BCUT2D eigenvalue weighted by Gasteiger charge is 2.32. The molecule has 2 aromatic carbocycles. The number of ether oxygens (including phenoxy) is 1. The molecule has 0 fully saturated rings. The van der Waals surface area contributed by atoms with Crippen LogP contribution >= 0.6 is 0 Å². The van der Waals surface area contributed by atoms with Gasteiger partial charge < -0.3 is 4.74 Å². The van der Waals surface area contributed by atoms with E-state index in [1.807, 2.05) is 36.4 Å². The number of benzene rings is 2. The van der Waals surface area contributed by atoms with Crippen LogP contribution in [0.3, 0.4) is 0 Å². The van der Waals surface area contributed by atoms with Crippen LogP contribution in [-0.4, -0.2) is 16.4 Å². The molecule has 3 heteroatoms. The molecule has 2 atom stereocenters. The Kier molecular flexibility index (Phi) is 4.38. The highest BCUT2D eigenvalue weighted by atomic mass is 16.5. The minimum atomic E-state index is -0.314. The second-order valence-electron chi connectivity index (χ2n) is 5.67. The first-order valence-electron chi connectivity index (χ1n) is 7.82. The lowest BCUT2D eigenvalue weighted by molar-refractivity contribution is -0.612. The van der Waals surface area contributed by atoms with Gasteiger partial charge in [-0.3, -0.25) is 0 Å². The first-order chi connectivity index (χ1) is 11.2. The van der Waals surface area contributed by atoms with Crippen LogP contribution in [0.25, 0.3) is 0 Å². The van der Waals surface area contributed by atoms with E-state index in [2.05, 4.69) is 42.7 Å². The summed E-state index contributed by atoms with van der Waals surface area (Å²) in [6.07, 6.45) is 3.22. The highest BCUT2D eigenvalue weighted by molar-refractivity contribution is 6.05. The molecule has 0 aromatic heterocycles. The summed E-state index contributed by atoms with van der Waals surface area (Å²) in [5, 5.41) is 0. The van der Waals surface area contributed by atoms with Crippen molar-refractivity contribution in [1.29, 1.82) is 0 Å². The summed E-state index contributed by atoms with van der Waals surface area (Å²) in [6, 6.07) is 20.6. The fraction of sp³-hybridized carbons (Fsp3) is 0.200. The molecule has 1 aliphatic rings. The monoisotopic (exact) mass is 306 g/mol. The first kappa shape index (κ1) is 15.2. The van der Waals surface area contributed by atoms with Gasteiger partial charge in [0.2, 0.25) is 0 Å². The van der Waals surface area contributed by atoms with E-state index in [4.69, 9.17) is 4.74 Å². The Morgan fingerprint density at radius 2 is 1.26 bits per heavy atom. The number of cyclic esters (lactones) is 1. The van der Waals surface area contributed by atoms with Crippen LogP contribution in [-0.2, 0) is 9.53 Å². The van der Waals surface area contributed by atoms with E-state index >= 15 is 0 Å². The van der Waals surface area contributed by atoms with Crippen molar-refractivity contribution >= 4 is 11.9 Å². The van der Waals surface area contributed by atoms with Gasteiger partial charge in [0, 0.05) is 31.1 Å². The molecule has 0 saturated heterocycles. The lowest BCUT2D eigenvalue weighted by atomic mass is 10.0. The molecule has 2 aromatic rings. The van der Waals surface area contributed by atoms with Gasteiger partial charge in [-0.05, 0) is 0 Å². The summed E-state index contributed by atoms with van der Waals surface area (Å²) in [7, 11) is 0. The molecular weight excluding hydrogens is 286 g/mol. The summed E-state index contributed by atoms with van der Waals surface area (Å²) in [6.45, 7) is 4.25. The van der Waals surface area contributed by atoms with Crippen molar-refractivity contribution in [3.05, 3.63) is 83.9 Å². The average Bonchev–Trinajstić information content (AvgIpc) is 3.02. The molecule has 1 aliphatic heterocycles. The SMILES string of the molecule is C[C@H](c1ccccc1)[N+](=C1C=CC(=O)O1)[C@H](C)c1ccccc1. The number of esters is 1. The fourth-order valence-corrected chi connectivity index (χ4v) is 2.95. The third-order valence-corrected chi connectivity index (χ3v) is 4.22. The van der Waals surface area contributed by atoms with Crippen molar-refractivity contribution in [1.82, 2.24) is 0 Å². The number of hydrogen-bond acceptors (Lipinski definition) is 2. The van der Waals surface area contributed by atoms with Crippen molar-refractivity contribution in [3.63, 3.8) is 0 Å². The van der Waals surface area contributed by atoms with Gasteiger partial charge in [0.25, 0.3) is 0 Å². The van der Waals surface area contributed by atoms with Crippen molar-refractivity contribution in [2.75, 3.05) is 0 Å². The molecular formula is C20H20NO2+. The van der Waals surface area contributed by atoms with Crippen molar-refractivity contribution in [2.45, 2.75) is 25.9 Å². The lowest BCUT2D eigenvalue weighted by Crippen LogP contribution is -2.27. The van der Waals surface area contributed by atoms with Gasteiger partial charge in [0.05, 0.1) is 6.08 Å². The number of nitrogens with zero attached hydrogens (tertiary/aromatic N) is 1. The molecule has 0 spiro atoms. The van der Waals surface area contributed by atoms with Crippen LogP contribution in [0.5, 0.6) is 0 Å². The van der Waals surface area contributed by atoms with E-state index in [1.54, 1.807) is 6.08 Å². The van der Waals surface area contributed by atoms with E-state index in [0.717, 1.165) is 0 Å². The maximum absolute atomic E-state index is 11.5. The second-order valence-corrected chi connectivity index (χ2v) is 5.67. The zero-order chi connectivity index (χ0) is 16.2. The van der Waals surface area contributed by atoms with Crippen molar-refractivity contribution < 1.29 is 14.1 Å². The summed E-state index contributed by atoms with van der Waals surface area (Å²) < 4.78 is 7.55. The normalized spacial score (nSPS) is 16.1. The van der Waals surface area contributed by atoms with Crippen LogP contribution in [0, 0.1) is 0 Å². The van der Waals surface area contributed by atoms with Gasteiger partial charge in [-0.15, -0.1) is 0 Å². The Hall–Kier alpha value is -2.68. The van der Waals surface area contributed by atoms with Crippen LogP contribution < -0.4 is 0 Å². The van der Waals surface area contributed by atoms with E-state index in [-0.39, 0.29) is 18.1 Å². The van der Waals surface area contributed by atoms with Crippen LogP contribution in [0.4, 0.5) is 0 Å². The largest absolute Gasteiger partial charge is 0.371 e. The first-order valence-corrected chi connectivity index (χ1v) is 7.82. The Labute approximate surface area is 136 Å². The predicted molar refractivity (Wildman–Crippen MR) is 90.2 cm³/mol. The van der Waals surface area contributed by atoms with Gasteiger partial charge in [-0.2, -0.15) is 4.58 Å². The van der Waals surface area contributed by atoms with E-state index in [9.17, 15) is 4.79 Å². The van der Waals surface area contributed by atoms with Gasteiger partial charge in [-0.25, -0.2) is 4.79 Å². The molecule has 0 saturated carbocycles. The number of rotatable bonds is 4. The van der Waals surface area contributed by atoms with Crippen LogP contribution in [0.2, 0.25) is 0 Å². The molecule has 0 amide bonds. The maximum atomic E-state index is 11.5. The Bertz CT molecular complexity index is 700. The molecule has 0 N–H and O–H groups in total. The Balaban J connectivity index is 2.05. The molecule has 0 bridgehead atoms.